The van der Waals surface area contributed by atoms with Crippen LogP contribution in [-0.4, -0.2) is 33.4 Å². The molecule has 0 atom stereocenters. The SMILES string of the molecule is CC(=O)N1C(C)(C)CC(OC(=O)Cl)CC1(C)C.Cl. The van der Waals surface area contributed by atoms with Gasteiger partial charge in [0.1, 0.15) is 6.10 Å². The molecular weight excluding hydrogens is 277 g/mol. The number of carbonyl (C=O) groups excluding carboxylic acids is 2. The topological polar surface area (TPSA) is 46.6 Å². The minimum atomic E-state index is -0.780. The van der Waals surface area contributed by atoms with Gasteiger partial charge in [-0.25, -0.2) is 4.79 Å². The van der Waals surface area contributed by atoms with Gasteiger partial charge in [-0.15, -0.1) is 12.4 Å². The Labute approximate surface area is 119 Å². The molecule has 0 aromatic heterocycles. The minimum absolute atomic E-state index is 0. The monoisotopic (exact) mass is 297 g/mol. The van der Waals surface area contributed by atoms with Crippen LogP contribution in [0.4, 0.5) is 4.79 Å². The fourth-order valence-electron chi connectivity index (χ4n) is 3.26. The summed E-state index contributed by atoms with van der Waals surface area (Å²) in [6, 6.07) is 0. The van der Waals surface area contributed by atoms with Crippen LogP contribution in [0.3, 0.4) is 0 Å². The lowest BCUT2D eigenvalue weighted by molar-refractivity contribution is -0.152. The quantitative estimate of drug-likeness (QED) is 0.697. The third-order valence-corrected chi connectivity index (χ3v) is 3.33. The first-order chi connectivity index (χ1) is 7.56. The molecule has 0 aromatic carbocycles. The lowest BCUT2D eigenvalue weighted by Crippen LogP contribution is -2.63. The zero-order valence-corrected chi connectivity index (χ0v) is 13.0. The molecule has 4 nitrogen and oxygen atoms in total. The molecule has 106 valence electrons. The van der Waals surface area contributed by atoms with E-state index in [1.807, 2.05) is 32.6 Å². The van der Waals surface area contributed by atoms with Crippen molar-refractivity contribution >= 4 is 35.3 Å². The summed E-state index contributed by atoms with van der Waals surface area (Å²) in [6.45, 7) is 9.47. The van der Waals surface area contributed by atoms with Gasteiger partial charge in [0.05, 0.1) is 0 Å². The van der Waals surface area contributed by atoms with Gasteiger partial charge in [-0.3, -0.25) is 4.79 Å². The number of carbonyl (C=O) groups is 2. The number of hydrogen-bond donors (Lipinski definition) is 0. The van der Waals surface area contributed by atoms with E-state index in [2.05, 4.69) is 0 Å². The first kappa shape index (κ1) is 17.5. The average molecular weight is 298 g/mol. The Morgan fingerprint density at radius 3 is 1.83 bits per heavy atom. The van der Waals surface area contributed by atoms with Crippen molar-refractivity contribution < 1.29 is 14.3 Å². The summed E-state index contributed by atoms with van der Waals surface area (Å²) in [7, 11) is 0. The number of likely N-dealkylation sites (tertiary alicyclic amines) is 1. The Morgan fingerprint density at radius 2 is 1.56 bits per heavy atom. The van der Waals surface area contributed by atoms with Crippen molar-refractivity contribution in [2.45, 2.75) is 64.6 Å². The van der Waals surface area contributed by atoms with Crippen LogP contribution in [0.15, 0.2) is 0 Å². The van der Waals surface area contributed by atoms with Crippen LogP contribution in [0.2, 0.25) is 0 Å². The highest BCUT2D eigenvalue weighted by Crippen LogP contribution is 2.39. The highest BCUT2D eigenvalue weighted by atomic mass is 35.5. The van der Waals surface area contributed by atoms with Gasteiger partial charge < -0.3 is 9.64 Å². The number of hydrogen-bond acceptors (Lipinski definition) is 3. The minimum Gasteiger partial charge on any atom is -0.450 e. The van der Waals surface area contributed by atoms with Gasteiger partial charge in [0.15, 0.2) is 0 Å². The largest absolute Gasteiger partial charge is 0.450 e. The highest BCUT2D eigenvalue weighted by Gasteiger charge is 2.47. The van der Waals surface area contributed by atoms with Crippen molar-refractivity contribution in [3.8, 4) is 0 Å². The van der Waals surface area contributed by atoms with E-state index in [-0.39, 0.29) is 35.5 Å². The van der Waals surface area contributed by atoms with Crippen LogP contribution in [0.25, 0.3) is 0 Å². The molecular formula is C12H21Cl2NO3. The third kappa shape index (κ3) is 3.75. The second-order valence-corrected chi connectivity index (χ2v) is 6.17. The number of amides is 1. The molecule has 1 fully saturated rings. The van der Waals surface area contributed by atoms with Crippen molar-refractivity contribution in [2.75, 3.05) is 0 Å². The molecule has 0 radical (unpaired) electrons. The van der Waals surface area contributed by atoms with Gasteiger partial charge in [0.2, 0.25) is 5.91 Å². The van der Waals surface area contributed by atoms with E-state index in [9.17, 15) is 9.59 Å². The van der Waals surface area contributed by atoms with E-state index in [0.717, 1.165) is 0 Å². The van der Waals surface area contributed by atoms with Gasteiger partial charge in [-0.2, -0.15) is 0 Å². The molecule has 0 unspecified atom stereocenters. The Balaban J connectivity index is 0.00000289. The third-order valence-electron chi connectivity index (χ3n) is 3.24. The number of rotatable bonds is 1. The smallest absolute Gasteiger partial charge is 0.404 e. The van der Waals surface area contributed by atoms with E-state index in [1.165, 1.54) is 0 Å². The van der Waals surface area contributed by atoms with E-state index >= 15 is 0 Å². The summed E-state index contributed by atoms with van der Waals surface area (Å²) < 4.78 is 5.08. The zero-order chi connectivity index (χ0) is 13.4. The number of halogens is 2. The van der Waals surface area contributed by atoms with E-state index < -0.39 is 5.43 Å². The highest BCUT2D eigenvalue weighted by molar-refractivity contribution is 6.61. The normalized spacial score (nSPS) is 22.0. The molecule has 1 rings (SSSR count). The molecule has 1 saturated heterocycles. The van der Waals surface area contributed by atoms with Crippen molar-refractivity contribution in [3.05, 3.63) is 0 Å². The Bertz CT molecular complexity index is 324. The van der Waals surface area contributed by atoms with E-state index in [1.54, 1.807) is 6.92 Å². The van der Waals surface area contributed by atoms with Gasteiger partial charge in [0, 0.05) is 42.4 Å². The standard InChI is InChI=1S/C12H20ClNO3.ClH/c1-8(15)14-11(2,3)6-9(17-10(13)16)7-12(14,4)5;/h9H,6-7H2,1-5H3;1H. The first-order valence-corrected chi connectivity index (χ1v) is 6.11. The van der Waals surface area contributed by atoms with E-state index in [0.29, 0.717) is 12.8 Å². The maximum atomic E-state index is 11.8. The van der Waals surface area contributed by atoms with Gasteiger partial charge in [0.25, 0.3) is 0 Å². The molecule has 1 aliphatic rings. The molecule has 18 heavy (non-hydrogen) atoms. The molecule has 0 bridgehead atoms. The van der Waals surface area contributed by atoms with Crippen LogP contribution in [0.5, 0.6) is 0 Å². The number of ether oxygens (including phenoxy) is 1. The summed E-state index contributed by atoms with van der Waals surface area (Å²) in [6.07, 6.45) is 0.976. The van der Waals surface area contributed by atoms with Crippen LogP contribution >= 0.6 is 24.0 Å². The van der Waals surface area contributed by atoms with Crippen LogP contribution in [-0.2, 0) is 9.53 Å². The molecule has 1 amide bonds. The Kier molecular flexibility index (Phi) is 5.51. The lowest BCUT2D eigenvalue weighted by Gasteiger charge is -2.54. The molecule has 0 aliphatic carbocycles. The maximum absolute atomic E-state index is 11.8. The van der Waals surface area contributed by atoms with Crippen molar-refractivity contribution in [2.24, 2.45) is 0 Å². The fourth-order valence-corrected chi connectivity index (χ4v) is 3.38. The zero-order valence-electron chi connectivity index (χ0n) is 11.4. The summed E-state index contributed by atoms with van der Waals surface area (Å²) in [5.41, 5.74) is -1.47. The molecule has 1 aliphatic heterocycles. The number of nitrogens with zero attached hydrogens (tertiary/aromatic N) is 1. The van der Waals surface area contributed by atoms with E-state index in [4.69, 9.17) is 16.3 Å². The predicted molar refractivity (Wildman–Crippen MR) is 73.3 cm³/mol. The molecule has 0 N–H and O–H groups in total. The van der Waals surface area contributed by atoms with Crippen LogP contribution < -0.4 is 0 Å². The Hall–Kier alpha value is -0.480. The maximum Gasteiger partial charge on any atom is 0.404 e. The van der Waals surface area contributed by atoms with Gasteiger partial charge >= 0.3 is 5.43 Å². The average Bonchev–Trinajstić information content (AvgIpc) is 1.93. The summed E-state index contributed by atoms with van der Waals surface area (Å²) >= 11 is 5.25. The van der Waals surface area contributed by atoms with Gasteiger partial charge in [-0.1, -0.05) is 0 Å². The molecule has 0 saturated carbocycles. The summed E-state index contributed by atoms with van der Waals surface area (Å²) in [5, 5.41) is 0. The molecule has 0 aromatic rings. The van der Waals surface area contributed by atoms with Gasteiger partial charge in [-0.05, 0) is 27.7 Å². The summed E-state index contributed by atoms with van der Waals surface area (Å²) in [5.74, 6) is 0.0376. The van der Waals surface area contributed by atoms with Crippen molar-refractivity contribution in [1.29, 1.82) is 0 Å². The van der Waals surface area contributed by atoms with Crippen LogP contribution in [0.1, 0.15) is 47.5 Å². The second-order valence-electron chi connectivity index (χ2n) is 5.87. The van der Waals surface area contributed by atoms with Crippen molar-refractivity contribution in [3.63, 3.8) is 0 Å². The van der Waals surface area contributed by atoms with Crippen molar-refractivity contribution in [1.82, 2.24) is 4.90 Å². The predicted octanol–water partition coefficient (Wildman–Crippen LogP) is 3.35. The molecule has 0 spiro atoms. The second kappa shape index (κ2) is 5.66. The number of piperidine rings is 1. The lowest BCUT2D eigenvalue weighted by atomic mass is 9.78. The first-order valence-electron chi connectivity index (χ1n) is 5.73. The fraction of sp³-hybridized carbons (Fsp3) is 0.833. The Morgan fingerprint density at radius 1 is 1.17 bits per heavy atom. The summed E-state index contributed by atoms with van der Waals surface area (Å²) in [4.78, 5) is 24.4. The van der Waals surface area contributed by atoms with Crippen LogP contribution in [0, 0.1) is 0 Å². The molecule has 1 heterocycles. The molecule has 6 heteroatoms.